The molecule has 2 aromatic carbocycles. The highest BCUT2D eigenvalue weighted by atomic mass is 79.9. The summed E-state index contributed by atoms with van der Waals surface area (Å²) in [7, 11) is 0. The van der Waals surface area contributed by atoms with Crippen LogP contribution in [0.5, 0.6) is 0 Å². The lowest BCUT2D eigenvalue weighted by atomic mass is 10.1. The van der Waals surface area contributed by atoms with Gasteiger partial charge in [0.25, 0.3) is 0 Å². The lowest BCUT2D eigenvalue weighted by Gasteiger charge is -2.12. The summed E-state index contributed by atoms with van der Waals surface area (Å²) >= 11 is 3.62. The number of halogens is 1. The molecule has 1 aliphatic rings. The van der Waals surface area contributed by atoms with Crippen molar-refractivity contribution in [3.05, 3.63) is 87.6 Å². The van der Waals surface area contributed by atoms with Gasteiger partial charge >= 0.3 is 0 Å². The summed E-state index contributed by atoms with van der Waals surface area (Å²) in [5.41, 5.74) is 8.64. The van der Waals surface area contributed by atoms with Crippen molar-refractivity contribution in [3.63, 3.8) is 0 Å². The Labute approximate surface area is 172 Å². The Balaban J connectivity index is 1.74. The van der Waals surface area contributed by atoms with E-state index in [4.69, 9.17) is 11.6 Å². The minimum atomic E-state index is 0.657. The number of aryl methyl sites for hydroxylation is 1. The molecule has 0 amide bonds. The topological polar surface area (TPSA) is 27.1 Å². The number of hydrogen-bond donors (Lipinski definition) is 0. The fourth-order valence-electron chi connectivity index (χ4n) is 3.87. The van der Waals surface area contributed by atoms with Crippen LogP contribution in [0.2, 0.25) is 0 Å². The zero-order chi connectivity index (χ0) is 19.4. The molecular formula is C23H17BrN4. The lowest BCUT2D eigenvalue weighted by molar-refractivity contribution is 0.817. The normalized spacial score (nSPS) is 11.9. The van der Waals surface area contributed by atoms with E-state index in [2.05, 4.69) is 74.2 Å². The molecule has 1 aliphatic heterocycles. The third kappa shape index (κ3) is 2.53. The fraction of sp³-hybridized carbons (Fsp3) is 0.130. The molecule has 0 atom stereocenters. The number of hydrogen-bond acceptors (Lipinski definition) is 1. The van der Waals surface area contributed by atoms with Gasteiger partial charge in [-0.05, 0) is 49.2 Å². The SMILES string of the molecule is [C-]#[N+]c1ccc(-c2cc3n(c2)Cc2cc(Br)ccc2-n2c-3nc(C)c2C)cc1. The standard InChI is InChI=1S/C23H17BrN4/c1-14-15(2)28-21-9-6-19(24)10-18(21)13-27-12-17(11-22(27)23(28)26-14)16-4-7-20(25-3)8-5-16/h4-12H,13H2,1-2H3. The molecule has 4 aromatic rings. The van der Waals surface area contributed by atoms with E-state index in [0.717, 1.165) is 45.1 Å². The number of rotatable bonds is 1. The van der Waals surface area contributed by atoms with Crippen molar-refractivity contribution >= 4 is 21.6 Å². The first-order valence-corrected chi connectivity index (χ1v) is 9.87. The van der Waals surface area contributed by atoms with Gasteiger partial charge < -0.3 is 4.57 Å². The molecular weight excluding hydrogens is 412 g/mol. The van der Waals surface area contributed by atoms with Gasteiger partial charge in [-0.2, -0.15) is 0 Å². The van der Waals surface area contributed by atoms with Crippen molar-refractivity contribution in [2.45, 2.75) is 20.4 Å². The summed E-state index contributed by atoms with van der Waals surface area (Å²) in [5.74, 6) is 0.972. The average Bonchev–Trinajstić information content (AvgIpc) is 3.20. The lowest BCUT2D eigenvalue weighted by Crippen LogP contribution is -2.02. The minimum absolute atomic E-state index is 0.657. The van der Waals surface area contributed by atoms with Gasteiger partial charge in [-0.3, -0.25) is 4.57 Å². The molecule has 28 heavy (non-hydrogen) atoms. The van der Waals surface area contributed by atoms with Crippen molar-refractivity contribution in [1.29, 1.82) is 0 Å². The third-order valence-corrected chi connectivity index (χ3v) is 5.92. The second-order valence-corrected chi connectivity index (χ2v) is 8.03. The van der Waals surface area contributed by atoms with Crippen LogP contribution in [0.3, 0.4) is 0 Å². The Kier molecular flexibility index (Phi) is 3.78. The molecule has 4 nitrogen and oxygen atoms in total. The number of benzene rings is 2. The number of fused-ring (bicyclic) bond motifs is 5. The minimum Gasteiger partial charge on any atom is -0.340 e. The molecule has 0 unspecified atom stereocenters. The number of imidazole rings is 1. The maximum Gasteiger partial charge on any atom is 0.187 e. The Morgan fingerprint density at radius 3 is 2.57 bits per heavy atom. The smallest absolute Gasteiger partial charge is 0.187 e. The number of aromatic nitrogens is 3. The first kappa shape index (κ1) is 17.0. The van der Waals surface area contributed by atoms with Crippen molar-refractivity contribution in [2.75, 3.05) is 0 Å². The Bertz CT molecular complexity index is 1270. The summed E-state index contributed by atoms with van der Waals surface area (Å²) in [4.78, 5) is 8.38. The summed E-state index contributed by atoms with van der Waals surface area (Å²) in [6.45, 7) is 12.1. The highest BCUT2D eigenvalue weighted by Crippen LogP contribution is 2.36. The second kappa shape index (κ2) is 6.22. The quantitative estimate of drug-likeness (QED) is 0.287. The fourth-order valence-corrected chi connectivity index (χ4v) is 4.28. The van der Waals surface area contributed by atoms with E-state index in [1.165, 1.54) is 11.3 Å². The zero-order valence-electron chi connectivity index (χ0n) is 15.6. The van der Waals surface area contributed by atoms with Crippen molar-refractivity contribution in [3.8, 4) is 28.3 Å². The van der Waals surface area contributed by atoms with Crippen LogP contribution in [-0.4, -0.2) is 14.1 Å². The van der Waals surface area contributed by atoms with Crippen molar-refractivity contribution in [2.24, 2.45) is 0 Å². The third-order valence-electron chi connectivity index (χ3n) is 5.42. The molecule has 0 bridgehead atoms. The van der Waals surface area contributed by atoms with E-state index in [9.17, 15) is 0 Å². The van der Waals surface area contributed by atoms with Gasteiger partial charge in [-0.1, -0.05) is 40.2 Å². The molecule has 0 fully saturated rings. The summed E-state index contributed by atoms with van der Waals surface area (Å²) in [5, 5.41) is 0. The van der Waals surface area contributed by atoms with Gasteiger partial charge in [-0.15, -0.1) is 0 Å². The maximum atomic E-state index is 7.15. The first-order valence-electron chi connectivity index (χ1n) is 9.08. The summed E-state index contributed by atoms with van der Waals surface area (Å²) in [6, 6.07) is 16.4. The molecule has 0 saturated carbocycles. The van der Waals surface area contributed by atoms with E-state index in [0.29, 0.717) is 5.69 Å². The van der Waals surface area contributed by atoms with E-state index in [-0.39, 0.29) is 0 Å². The summed E-state index contributed by atoms with van der Waals surface area (Å²) in [6.07, 6.45) is 2.18. The molecule has 0 N–H and O–H groups in total. The van der Waals surface area contributed by atoms with Gasteiger partial charge in [0.05, 0.1) is 23.6 Å². The first-order chi connectivity index (χ1) is 13.5. The van der Waals surface area contributed by atoms with Gasteiger partial charge in [0.15, 0.2) is 11.5 Å². The van der Waals surface area contributed by atoms with Gasteiger partial charge in [0.1, 0.15) is 0 Å². The van der Waals surface area contributed by atoms with Gasteiger partial charge in [-0.25, -0.2) is 9.83 Å². The largest absolute Gasteiger partial charge is 0.340 e. The van der Waals surface area contributed by atoms with Crippen molar-refractivity contribution < 1.29 is 0 Å². The predicted octanol–water partition coefficient (Wildman–Crippen LogP) is 6.30. The zero-order valence-corrected chi connectivity index (χ0v) is 17.2. The Morgan fingerprint density at radius 1 is 1.04 bits per heavy atom. The van der Waals surface area contributed by atoms with Crippen molar-refractivity contribution in [1.82, 2.24) is 14.1 Å². The molecule has 0 spiro atoms. The molecule has 136 valence electrons. The molecule has 3 heterocycles. The Hall–Kier alpha value is -3.10. The van der Waals surface area contributed by atoms with Crippen LogP contribution < -0.4 is 0 Å². The van der Waals surface area contributed by atoms with Crippen LogP contribution in [0.1, 0.15) is 17.0 Å². The van der Waals surface area contributed by atoms with E-state index < -0.39 is 0 Å². The van der Waals surface area contributed by atoms with E-state index in [1.807, 2.05) is 24.3 Å². The van der Waals surface area contributed by atoms with Crippen LogP contribution in [0.25, 0.3) is 33.2 Å². The second-order valence-electron chi connectivity index (χ2n) is 7.12. The van der Waals surface area contributed by atoms with Crippen LogP contribution in [0, 0.1) is 20.4 Å². The number of nitrogens with zero attached hydrogens (tertiary/aromatic N) is 4. The van der Waals surface area contributed by atoms with Crippen LogP contribution in [0.4, 0.5) is 5.69 Å². The Morgan fingerprint density at radius 2 is 1.82 bits per heavy atom. The van der Waals surface area contributed by atoms with E-state index >= 15 is 0 Å². The molecule has 0 aliphatic carbocycles. The van der Waals surface area contributed by atoms with Crippen LogP contribution in [-0.2, 0) is 6.54 Å². The van der Waals surface area contributed by atoms with E-state index in [1.54, 1.807) is 0 Å². The van der Waals surface area contributed by atoms with Crippen LogP contribution in [0.15, 0.2) is 59.2 Å². The summed E-state index contributed by atoms with van der Waals surface area (Å²) < 4.78 is 5.61. The highest BCUT2D eigenvalue weighted by Gasteiger charge is 2.24. The predicted molar refractivity (Wildman–Crippen MR) is 115 cm³/mol. The molecule has 0 saturated heterocycles. The molecule has 0 radical (unpaired) electrons. The molecule has 5 heteroatoms. The molecule has 2 aromatic heterocycles. The average molecular weight is 429 g/mol. The van der Waals surface area contributed by atoms with Gasteiger partial charge in [0, 0.05) is 28.5 Å². The highest BCUT2D eigenvalue weighted by molar-refractivity contribution is 9.10. The monoisotopic (exact) mass is 428 g/mol. The molecule has 5 rings (SSSR count). The van der Waals surface area contributed by atoms with Gasteiger partial charge in [0.2, 0.25) is 0 Å². The van der Waals surface area contributed by atoms with Crippen LogP contribution >= 0.6 is 15.9 Å². The maximum absolute atomic E-state index is 7.15.